The number of carbonyl (C=O) groups is 7. The molecule has 18 rings (SSSR count). The molecule has 6 atom stereocenters. The minimum absolute atomic E-state index is 0. The van der Waals surface area contributed by atoms with Crippen molar-refractivity contribution in [1.82, 2.24) is 51.0 Å². The van der Waals surface area contributed by atoms with Crippen LogP contribution in [0.15, 0.2) is 206 Å². The van der Waals surface area contributed by atoms with Crippen LogP contribution in [0, 0.1) is 0 Å². The average molecular weight is 1550 g/mol. The van der Waals surface area contributed by atoms with Crippen LogP contribution in [0.1, 0.15) is 166 Å². The number of nitrogens with one attached hydrogen (secondary N) is 3. The van der Waals surface area contributed by atoms with Crippen molar-refractivity contribution < 1.29 is 53.2 Å². The lowest BCUT2D eigenvalue weighted by atomic mass is 9.69. The molecule has 6 amide bonds. The van der Waals surface area contributed by atoms with Crippen molar-refractivity contribution in [3.8, 4) is 23.0 Å². The summed E-state index contributed by atoms with van der Waals surface area (Å²) in [7, 11) is 0. The highest BCUT2D eigenvalue weighted by Crippen LogP contribution is 2.49. The molecule has 114 heavy (non-hydrogen) atoms. The average Bonchev–Trinajstić information content (AvgIpc) is 1.73. The van der Waals surface area contributed by atoms with Gasteiger partial charge in [-0.15, -0.1) is 17.5 Å². The van der Waals surface area contributed by atoms with Crippen LogP contribution in [0.3, 0.4) is 0 Å². The number of amides is 6. The number of anilines is 2. The predicted octanol–water partition coefficient (Wildman–Crippen LogP) is 11.4. The third kappa shape index (κ3) is 17.2. The fourth-order valence-electron chi connectivity index (χ4n) is 17.3. The van der Waals surface area contributed by atoms with Gasteiger partial charge in [0.05, 0.1) is 5.69 Å². The van der Waals surface area contributed by atoms with E-state index in [1.807, 2.05) is 72.8 Å². The fourth-order valence-corrected chi connectivity index (χ4v) is 17.3. The molecule has 8 heterocycles. The number of phenolic OH excluding ortho intramolecular Hbond substituents is 2. The Balaban J connectivity index is 0.000000149. The van der Waals surface area contributed by atoms with E-state index in [-0.39, 0.29) is 73.2 Å². The van der Waals surface area contributed by atoms with Gasteiger partial charge >= 0.3 is 0 Å². The summed E-state index contributed by atoms with van der Waals surface area (Å²) in [6, 6.07) is 67.6. The van der Waals surface area contributed by atoms with Crippen molar-refractivity contribution in [3.05, 3.63) is 296 Å². The molecule has 2 aromatic heterocycles. The number of aromatic nitrogens is 4. The number of halogens is 1. The number of ether oxygens (including phenoxy) is 2. The molecule has 582 valence electrons. The first kappa shape index (κ1) is 77.2. The van der Waals surface area contributed by atoms with Gasteiger partial charge in [0, 0.05) is 119 Å². The number of rotatable bonds is 17. The van der Waals surface area contributed by atoms with E-state index in [0.29, 0.717) is 91.2 Å². The van der Waals surface area contributed by atoms with Crippen molar-refractivity contribution in [2.24, 2.45) is 0 Å². The van der Waals surface area contributed by atoms with Gasteiger partial charge in [-0.2, -0.15) is 15.3 Å². The van der Waals surface area contributed by atoms with E-state index in [1.54, 1.807) is 34.1 Å². The van der Waals surface area contributed by atoms with E-state index >= 15 is 0 Å². The number of hydrogen-bond donors (Lipinski definition) is 5. The second-order valence-electron chi connectivity index (χ2n) is 30.1. The number of nitrogens with zero attached hydrogens (tertiary/aromatic N) is 9. The Kier molecular flexibility index (Phi) is 23.6. The number of imide groups is 2. The van der Waals surface area contributed by atoms with Gasteiger partial charge in [-0.1, -0.05) is 97.1 Å². The van der Waals surface area contributed by atoms with Crippen molar-refractivity contribution in [3.63, 3.8) is 0 Å². The molecule has 0 bridgehead atoms. The zero-order valence-electron chi connectivity index (χ0n) is 63.0. The lowest BCUT2D eigenvalue weighted by molar-refractivity contribution is -0.138. The summed E-state index contributed by atoms with van der Waals surface area (Å²) in [6.07, 6.45) is 5.88. The Labute approximate surface area is 667 Å². The molecule has 8 aromatic carbocycles. The number of carbonyl (C=O) groups excluding carboxylic acids is 7. The number of benzene rings is 8. The largest absolute Gasteiger partial charge is 0.508 e. The van der Waals surface area contributed by atoms with Crippen LogP contribution < -0.4 is 35.2 Å². The van der Waals surface area contributed by atoms with Crippen LogP contribution in [0.2, 0.25) is 0 Å². The maximum atomic E-state index is 13.1. The highest BCUT2D eigenvalue weighted by Gasteiger charge is 2.42. The van der Waals surface area contributed by atoms with Crippen molar-refractivity contribution >= 4 is 65.5 Å². The van der Waals surface area contributed by atoms with Gasteiger partial charge in [0.1, 0.15) is 65.4 Å². The van der Waals surface area contributed by atoms with Crippen LogP contribution in [0.25, 0.3) is 0 Å². The molecule has 5 N–H and O–H groups in total. The molecule has 8 aliphatic rings. The van der Waals surface area contributed by atoms with E-state index in [4.69, 9.17) is 9.47 Å². The number of piperazine rings is 2. The molecule has 2 unspecified atom stereocenters. The maximum Gasteiger partial charge on any atom is 0.255 e. The topological polar surface area (TPSA) is 282 Å². The number of piperidine rings is 2. The number of fused-ring (bicyclic) bond motifs is 4. The molecule has 4 fully saturated rings. The van der Waals surface area contributed by atoms with Gasteiger partial charge in [0.2, 0.25) is 23.6 Å². The van der Waals surface area contributed by atoms with Crippen LogP contribution in [-0.2, 0) is 64.9 Å². The quantitative estimate of drug-likeness (QED) is 0.0418. The van der Waals surface area contributed by atoms with Crippen LogP contribution >= 0.6 is 12.4 Å². The Hall–Kier alpha value is -12.2. The van der Waals surface area contributed by atoms with Crippen LogP contribution in [0.4, 0.5) is 11.4 Å². The molecule has 4 saturated heterocycles. The van der Waals surface area contributed by atoms with Gasteiger partial charge in [-0.3, -0.25) is 49.1 Å². The second-order valence-corrected chi connectivity index (χ2v) is 30.1. The SMILES string of the molecule is Cl.O=C1CCC(N2Cc3cc(N4CCN(Cc5ccc(COc6ccc([C@@H]7c8ccc(O)cc8CC[C@@H]7c7ccccc7)cc6)nn5)CC4)ccc3C2=O)C(=O)N1.O=C1CCC(N2Cc3cc(N4CCNCC4)ccc3C2=O)C(=O)N1.O=Cc1ccc(COc2ccc([C@@H]3c4ccc(O)cc4CC[C@@H]3c3ccccc3)cc2)nn1. The molecular formula is C90H89ClN12O11. The number of aryl methyl sites for hydroxylation is 2. The minimum atomic E-state index is -0.611. The molecule has 0 radical (unpaired) electrons. The summed E-state index contributed by atoms with van der Waals surface area (Å²) in [5.74, 6) is 1.67. The molecule has 0 spiro atoms. The molecule has 10 aromatic rings. The van der Waals surface area contributed by atoms with Crippen LogP contribution in [-0.4, -0.2) is 151 Å². The Bertz CT molecular complexity index is 5170. The molecule has 0 saturated carbocycles. The molecule has 23 nitrogen and oxygen atoms in total. The van der Waals surface area contributed by atoms with Crippen molar-refractivity contribution in [1.29, 1.82) is 0 Å². The summed E-state index contributed by atoms with van der Waals surface area (Å²) in [4.78, 5) is 94.1. The first-order valence-electron chi connectivity index (χ1n) is 39.0. The van der Waals surface area contributed by atoms with Crippen molar-refractivity contribution in [2.45, 2.75) is 120 Å². The third-order valence-corrected chi connectivity index (χ3v) is 23.1. The molecule has 2 aliphatic carbocycles. The lowest BCUT2D eigenvalue weighted by Crippen LogP contribution is -2.52. The zero-order chi connectivity index (χ0) is 77.5. The van der Waals surface area contributed by atoms with E-state index < -0.39 is 18.0 Å². The number of aromatic hydroxyl groups is 2. The highest BCUT2D eigenvalue weighted by molar-refractivity contribution is 6.07. The van der Waals surface area contributed by atoms with E-state index in [9.17, 15) is 43.8 Å². The van der Waals surface area contributed by atoms with Gasteiger partial charge in [-0.05, 0) is 215 Å². The van der Waals surface area contributed by atoms with E-state index in [0.717, 1.165) is 123 Å². The predicted molar refractivity (Wildman–Crippen MR) is 431 cm³/mol. The normalized spacial score (nSPS) is 20.4. The third-order valence-electron chi connectivity index (χ3n) is 23.1. The Morgan fingerprint density at radius 1 is 0.430 bits per heavy atom. The summed E-state index contributed by atoms with van der Waals surface area (Å²) in [5, 5.41) is 45.0. The number of aldehydes is 1. The standard InChI is InChI=1S/C45H44N6O5.C28H24N2O3.C17H20N4O3.ClH/c52-36-12-17-39-31(25-36)8-15-38(29-4-2-1-3-5-29)43(39)30-6-13-37(14-7-30)56-28-34-10-9-33(47-48-34)27-49-20-22-50(23-21-49)35-11-16-40-32(24-35)26-51(45(40)55)41-18-19-42(53)46-44(41)54;31-17-22-9-10-23(30-29-22)18-33-25-12-6-20(7-13-25)28-26(19-4-2-1-3-5-19)14-8-21-16-24(32)11-15-27(21)28;22-15-4-3-14(16(23)19-15)21-10-11-9-12(1-2-13(11)17(21)24)20-7-5-18-6-8-20;/h1-7,9-14,16-17,24-25,38,41,43,52H,8,15,18-23,26-28H2,(H,46,53,54);1-7,9-13,15-17,26,28,32H,8,14,18H2;1-2,9,14,18H,3-8,10H2,(H,19,22,23);1H/t38-,41?,43+;26-,28+;;/m11../s1. The number of phenols is 2. The van der Waals surface area contributed by atoms with Crippen molar-refractivity contribution in [2.75, 3.05) is 62.2 Å². The summed E-state index contributed by atoms with van der Waals surface area (Å²) in [5.41, 5.74) is 18.1. The summed E-state index contributed by atoms with van der Waals surface area (Å²) >= 11 is 0. The number of hydrogen-bond acceptors (Lipinski definition) is 19. The smallest absolute Gasteiger partial charge is 0.255 e. The summed E-state index contributed by atoms with van der Waals surface area (Å²) in [6.45, 7) is 9.33. The maximum absolute atomic E-state index is 13.1. The Morgan fingerprint density at radius 2 is 0.877 bits per heavy atom. The first-order valence-corrected chi connectivity index (χ1v) is 39.0. The minimum Gasteiger partial charge on any atom is -0.508 e. The molecule has 6 aliphatic heterocycles. The Morgan fingerprint density at radius 3 is 1.32 bits per heavy atom. The second kappa shape index (κ2) is 34.8. The van der Waals surface area contributed by atoms with Gasteiger partial charge in [0.25, 0.3) is 11.8 Å². The summed E-state index contributed by atoms with van der Waals surface area (Å²) < 4.78 is 12.0. The zero-order valence-corrected chi connectivity index (χ0v) is 63.8. The first-order chi connectivity index (χ1) is 55.2. The monoisotopic (exact) mass is 1550 g/mol. The van der Waals surface area contributed by atoms with Gasteiger partial charge < -0.3 is 44.6 Å². The van der Waals surface area contributed by atoms with Gasteiger partial charge in [0.15, 0.2) is 6.29 Å². The lowest BCUT2D eigenvalue weighted by Gasteiger charge is -2.36. The fraction of sp³-hybridized carbons (Fsp3) is 0.300. The molecule has 24 heteroatoms. The van der Waals surface area contributed by atoms with E-state index in [2.05, 4.69) is 160 Å². The van der Waals surface area contributed by atoms with E-state index in [1.165, 1.54) is 44.5 Å². The highest BCUT2D eigenvalue weighted by atomic mass is 35.5. The molecular weight excluding hydrogens is 1460 g/mol. The van der Waals surface area contributed by atoms with Gasteiger partial charge in [-0.25, -0.2) is 0 Å². The van der Waals surface area contributed by atoms with Crippen LogP contribution in [0.5, 0.6) is 23.0 Å².